The van der Waals surface area contributed by atoms with Gasteiger partial charge < -0.3 is 15.2 Å². The molecule has 1 fully saturated rings. The number of methoxy groups -OCH3 is 1. The molecule has 1 unspecified atom stereocenters. The Kier molecular flexibility index (Phi) is 4.74. The fourth-order valence-electron chi connectivity index (χ4n) is 2.22. The van der Waals surface area contributed by atoms with Crippen LogP contribution >= 0.6 is 0 Å². The molecule has 0 radical (unpaired) electrons. The monoisotopic (exact) mass is 277 g/mol. The standard InChI is InChI=1S/C15H19NO4/c1-20-9-11-4-2-3-10(7-11)8-13(17)16-14(15(18)19)12-5-6-12/h2-4,7,12,14H,5-6,8-9H2,1H3,(H,16,17)(H,18,19). The Morgan fingerprint density at radius 3 is 2.70 bits per heavy atom. The summed E-state index contributed by atoms with van der Waals surface area (Å²) in [7, 11) is 1.62. The van der Waals surface area contributed by atoms with Crippen LogP contribution < -0.4 is 5.32 Å². The molecule has 5 nitrogen and oxygen atoms in total. The number of carboxylic acids is 1. The molecule has 1 amide bonds. The Morgan fingerprint density at radius 2 is 2.10 bits per heavy atom. The van der Waals surface area contributed by atoms with Crippen molar-refractivity contribution in [3.63, 3.8) is 0 Å². The molecule has 5 heteroatoms. The molecule has 1 aliphatic carbocycles. The molecule has 0 bridgehead atoms. The van der Waals surface area contributed by atoms with E-state index in [2.05, 4.69) is 5.32 Å². The Balaban J connectivity index is 1.93. The molecule has 2 rings (SSSR count). The van der Waals surface area contributed by atoms with Crippen molar-refractivity contribution >= 4 is 11.9 Å². The van der Waals surface area contributed by atoms with Crippen LogP contribution in [0.15, 0.2) is 24.3 Å². The van der Waals surface area contributed by atoms with Crippen molar-refractivity contribution in [3.8, 4) is 0 Å². The molecule has 1 saturated carbocycles. The van der Waals surface area contributed by atoms with Gasteiger partial charge in [-0.25, -0.2) is 4.79 Å². The summed E-state index contributed by atoms with van der Waals surface area (Å²) in [4.78, 5) is 23.0. The third kappa shape index (κ3) is 4.06. The van der Waals surface area contributed by atoms with Crippen LogP contribution in [0.3, 0.4) is 0 Å². The molecule has 20 heavy (non-hydrogen) atoms. The van der Waals surface area contributed by atoms with E-state index in [9.17, 15) is 9.59 Å². The summed E-state index contributed by atoms with van der Waals surface area (Å²) in [6.45, 7) is 0.495. The van der Waals surface area contributed by atoms with Gasteiger partial charge in [0.2, 0.25) is 5.91 Å². The van der Waals surface area contributed by atoms with E-state index >= 15 is 0 Å². The minimum absolute atomic E-state index is 0.0938. The van der Waals surface area contributed by atoms with E-state index in [0.29, 0.717) is 6.61 Å². The minimum atomic E-state index is -0.950. The number of carboxylic acid groups (broad SMARTS) is 1. The number of benzene rings is 1. The van der Waals surface area contributed by atoms with E-state index in [1.165, 1.54) is 0 Å². The van der Waals surface area contributed by atoms with E-state index in [0.717, 1.165) is 24.0 Å². The van der Waals surface area contributed by atoms with Crippen LogP contribution in [0.1, 0.15) is 24.0 Å². The van der Waals surface area contributed by atoms with E-state index < -0.39 is 12.0 Å². The van der Waals surface area contributed by atoms with Crippen LogP contribution in [-0.4, -0.2) is 30.1 Å². The number of carbonyl (C=O) groups excluding carboxylic acids is 1. The highest BCUT2D eigenvalue weighted by Crippen LogP contribution is 2.32. The van der Waals surface area contributed by atoms with E-state index in [-0.39, 0.29) is 18.2 Å². The highest BCUT2D eigenvalue weighted by Gasteiger charge is 2.37. The Bertz CT molecular complexity index is 496. The second kappa shape index (κ2) is 6.52. The van der Waals surface area contributed by atoms with Gasteiger partial charge in [-0.05, 0) is 29.9 Å². The number of rotatable bonds is 7. The predicted molar refractivity (Wildman–Crippen MR) is 73.1 cm³/mol. The molecule has 0 saturated heterocycles. The lowest BCUT2D eigenvalue weighted by atomic mass is 10.1. The zero-order valence-electron chi connectivity index (χ0n) is 11.5. The maximum Gasteiger partial charge on any atom is 0.326 e. The maximum absolute atomic E-state index is 11.9. The molecule has 0 aliphatic heterocycles. The largest absolute Gasteiger partial charge is 0.480 e. The molecule has 1 atom stereocenters. The number of hydrogen-bond donors (Lipinski definition) is 2. The molecule has 0 heterocycles. The number of hydrogen-bond acceptors (Lipinski definition) is 3. The predicted octanol–water partition coefficient (Wildman–Crippen LogP) is 1.35. The molecule has 1 aliphatic rings. The Morgan fingerprint density at radius 1 is 1.40 bits per heavy atom. The fraction of sp³-hybridized carbons (Fsp3) is 0.467. The zero-order valence-corrected chi connectivity index (χ0v) is 11.5. The van der Waals surface area contributed by atoms with Gasteiger partial charge >= 0.3 is 5.97 Å². The van der Waals surface area contributed by atoms with Crippen LogP contribution in [0.25, 0.3) is 0 Å². The number of aliphatic carboxylic acids is 1. The zero-order chi connectivity index (χ0) is 14.5. The number of ether oxygens (including phenoxy) is 1. The van der Waals surface area contributed by atoms with Crippen molar-refractivity contribution in [1.82, 2.24) is 5.32 Å². The van der Waals surface area contributed by atoms with E-state index in [1.807, 2.05) is 24.3 Å². The second-order valence-corrected chi connectivity index (χ2v) is 5.15. The Hall–Kier alpha value is -1.88. The topological polar surface area (TPSA) is 75.6 Å². The van der Waals surface area contributed by atoms with Gasteiger partial charge in [-0.2, -0.15) is 0 Å². The first-order valence-electron chi connectivity index (χ1n) is 6.69. The van der Waals surface area contributed by atoms with Gasteiger partial charge in [-0.15, -0.1) is 0 Å². The van der Waals surface area contributed by atoms with Gasteiger partial charge in [0, 0.05) is 7.11 Å². The van der Waals surface area contributed by atoms with Crippen LogP contribution in [0.5, 0.6) is 0 Å². The van der Waals surface area contributed by atoms with Crippen LogP contribution in [0.4, 0.5) is 0 Å². The lowest BCUT2D eigenvalue weighted by Crippen LogP contribution is -2.43. The summed E-state index contributed by atoms with van der Waals surface area (Å²) >= 11 is 0. The third-order valence-corrected chi connectivity index (χ3v) is 3.34. The van der Waals surface area contributed by atoms with Gasteiger partial charge in [0.25, 0.3) is 0 Å². The van der Waals surface area contributed by atoms with Crippen molar-refractivity contribution in [2.24, 2.45) is 5.92 Å². The van der Waals surface area contributed by atoms with Gasteiger partial charge in [0.05, 0.1) is 13.0 Å². The third-order valence-electron chi connectivity index (χ3n) is 3.34. The first-order chi connectivity index (χ1) is 9.60. The molecule has 1 aromatic rings. The highest BCUT2D eigenvalue weighted by molar-refractivity contribution is 5.85. The SMILES string of the molecule is COCc1cccc(CC(=O)NC(C(=O)O)C2CC2)c1. The van der Waals surface area contributed by atoms with Gasteiger partial charge in [-0.1, -0.05) is 24.3 Å². The van der Waals surface area contributed by atoms with Crippen molar-refractivity contribution in [1.29, 1.82) is 0 Å². The van der Waals surface area contributed by atoms with E-state index in [4.69, 9.17) is 9.84 Å². The van der Waals surface area contributed by atoms with Crippen molar-refractivity contribution in [3.05, 3.63) is 35.4 Å². The smallest absolute Gasteiger partial charge is 0.326 e. The molecule has 1 aromatic carbocycles. The van der Waals surface area contributed by atoms with Crippen molar-refractivity contribution < 1.29 is 19.4 Å². The molecule has 0 spiro atoms. The van der Waals surface area contributed by atoms with Crippen molar-refractivity contribution in [2.45, 2.75) is 31.9 Å². The molecule has 0 aromatic heterocycles. The fourth-order valence-corrected chi connectivity index (χ4v) is 2.22. The maximum atomic E-state index is 11.9. The van der Waals surface area contributed by atoms with Gasteiger partial charge in [0.1, 0.15) is 6.04 Å². The number of amides is 1. The summed E-state index contributed by atoms with van der Waals surface area (Å²) in [5, 5.41) is 11.7. The molecular formula is C15H19NO4. The number of nitrogens with one attached hydrogen (secondary N) is 1. The normalized spacial score (nSPS) is 15.7. The van der Waals surface area contributed by atoms with Crippen LogP contribution in [0.2, 0.25) is 0 Å². The first-order valence-corrected chi connectivity index (χ1v) is 6.69. The molecular weight excluding hydrogens is 258 g/mol. The number of carbonyl (C=O) groups is 2. The quantitative estimate of drug-likeness (QED) is 0.789. The van der Waals surface area contributed by atoms with Crippen molar-refractivity contribution in [2.75, 3.05) is 7.11 Å². The summed E-state index contributed by atoms with van der Waals surface area (Å²) in [5.41, 5.74) is 1.85. The van der Waals surface area contributed by atoms with Gasteiger partial charge in [-0.3, -0.25) is 4.79 Å². The summed E-state index contributed by atoms with van der Waals surface area (Å²) in [5.74, 6) is -1.11. The van der Waals surface area contributed by atoms with Crippen LogP contribution in [0, 0.1) is 5.92 Å². The van der Waals surface area contributed by atoms with Crippen LogP contribution in [-0.2, 0) is 27.4 Å². The lowest BCUT2D eigenvalue weighted by Gasteiger charge is -2.13. The summed E-state index contributed by atoms with van der Waals surface area (Å²) in [6.07, 6.45) is 1.94. The van der Waals surface area contributed by atoms with E-state index in [1.54, 1.807) is 7.11 Å². The first kappa shape index (κ1) is 14.5. The average molecular weight is 277 g/mol. The second-order valence-electron chi connectivity index (χ2n) is 5.15. The average Bonchev–Trinajstić information content (AvgIpc) is 3.20. The highest BCUT2D eigenvalue weighted by atomic mass is 16.5. The summed E-state index contributed by atoms with van der Waals surface area (Å²) in [6, 6.07) is 6.80. The minimum Gasteiger partial charge on any atom is -0.480 e. The lowest BCUT2D eigenvalue weighted by molar-refractivity contribution is -0.142. The molecule has 2 N–H and O–H groups in total. The summed E-state index contributed by atoms with van der Waals surface area (Å²) < 4.78 is 5.05. The Labute approximate surface area is 117 Å². The van der Waals surface area contributed by atoms with Gasteiger partial charge in [0.15, 0.2) is 0 Å². The molecule has 108 valence electrons.